The number of aromatic nitrogens is 3. The zero-order valence-electron chi connectivity index (χ0n) is 14.0. The fourth-order valence-corrected chi connectivity index (χ4v) is 2.55. The SMILES string of the molecule is Cc1ccc(NC(=O)c2nnn(-c3cc(F)ccc3F)c2C)c(C)c1. The largest absolute Gasteiger partial charge is 0.320 e. The van der Waals surface area contributed by atoms with Gasteiger partial charge >= 0.3 is 0 Å². The van der Waals surface area contributed by atoms with Gasteiger partial charge in [0.1, 0.15) is 17.3 Å². The van der Waals surface area contributed by atoms with E-state index in [0.29, 0.717) is 11.4 Å². The van der Waals surface area contributed by atoms with Gasteiger partial charge in [-0.3, -0.25) is 4.79 Å². The highest BCUT2D eigenvalue weighted by Gasteiger charge is 2.20. The van der Waals surface area contributed by atoms with Crippen LogP contribution in [0.4, 0.5) is 14.5 Å². The van der Waals surface area contributed by atoms with Gasteiger partial charge in [0.25, 0.3) is 5.91 Å². The number of aryl methyl sites for hydroxylation is 2. The number of nitrogens with one attached hydrogen (secondary N) is 1. The Morgan fingerprint density at radius 1 is 1.08 bits per heavy atom. The van der Waals surface area contributed by atoms with E-state index >= 15 is 0 Å². The first-order valence-electron chi connectivity index (χ1n) is 7.63. The summed E-state index contributed by atoms with van der Waals surface area (Å²) in [5, 5.41) is 10.4. The third kappa shape index (κ3) is 3.26. The highest BCUT2D eigenvalue weighted by molar-refractivity contribution is 6.04. The summed E-state index contributed by atoms with van der Waals surface area (Å²) in [6.45, 7) is 5.41. The van der Waals surface area contributed by atoms with Crippen LogP contribution in [0.1, 0.15) is 27.3 Å². The van der Waals surface area contributed by atoms with Crippen LogP contribution in [0.15, 0.2) is 36.4 Å². The van der Waals surface area contributed by atoms with Crippen molar-refractivity contribution in [2.45, 2.75) is 20.8 Å². The number of benzene rings is 2. The van der Waals surface area contributed by atoms with E-state index < -0.39 is 17.5 Å². The highest BCUT2D eigenvalue weighted by Crippen LogP contribution is 2.20. The molecule has 0 aliphatic carbocycles. The molecule has 0 fully saturated rings. The second-order valence-corrected chi connectivity index (χ2v) is 5.80. The van der Waals surface area contributed by atoms with E-state index in [1.807, 2.05) is 26.0 Å². The molecule has 0 unspecified atom stereocenters. The van der Waals surface area contributed by atoms with E-state index in [-0.39, 0.29) is 11.4 Å². The van der Waals surface area contributed by atoms with Crippen molar-refractivity contribution in [2.75, 3.05) is 5.32 Å². The number of halogens is 2. The molecule has 0 radical (unpaired) electrons. The Labute approximate surface area is 143 Å². The van der Waals surface area contributed by atoms with Crippen molar-refractivity contribution >= 4 is 11.6 Å². The monoisotopic (exact) mass is 342 g/mol. The van der Waals surface area contributed by atoms with Crippen LogP contribution in [-0.4, -0.2) is 20.9 Å². The quantitative estimate of drug-likeness (QED) is 0.789. The average molecular weight is 342 g/mol. The number of carbonyl (C=O) groups is 1. The smallest absolute Gasteiger partial charge is 0.278 e. The summed E-state index contributed by atoms with van der Waals surface area (Å²) in [4.78, 5) is 12.5. The van der Waals surface area contributed by atoms with E-state index in [2.05, 4.69) is 15.6 Å². The first-order chi connectivity index (χ1) is 11.9. The van der Waals surface area contributed by atoms with Crippen molar-refractivity contribution in [3.63, 3.8) is 0 Å². The Kier molecular flexibility index (Phi) is 4.31. The van der Waals surface area contributed by atoms with Crippen molar-refractivity contribution in [3.8, 4) is 5.69 Å². The molecule has 7 heteroatoms. The lowest BCUT2D eigenvalue weighted by atomic mass is 10.1. The summed E-state index contributed by atoms with van der Waals surface area (Å²) in [5.74, 6) is -1.73. The number of rotatable bonds is 3. The van der Waals surface area contributed by atoms with Crippen LogP contribution >= 0.6 is 0 Å². The molecular formula is C18H16F2N4O. The summed E-state index contributed by atoms with van der Waals surface area (Å²) >= 11 is 0. The van der Waals surface area contributed by atoms with Crippen molar-refractivity contribution in [3.05, 3.63) is 70.5 Å². The van der Waals surface area contributed by atoms with Crippen molar-refractivity contribution in [1.82, 2.24) is 15.0 Å². The Hall–Kier alpha value is -3.09. The topological polar surface area (TPSA) is 59.8 Å². The van der Waals surface area contributed by atoms with Gasteiger partial charge < -0.3 is 5.32 Å². The molecule has 3 aromatic rings. The van der Waals surface area contributed by atoms with Crippen LogP contribution in [0.25, 0.3) is 5.69 Å². The van der Waals surface area contributed by atoms with Crippen LogP contribution < -0.4 is 5.32 Å². The van der Waals surface area contributed by atoms with Gasteiger partial charge in [-0.2, -0.15) is 0 Å². The molecule has 25 heavy (non-hydrogen) atoms. The molecule has 0 aliphatic heterocycles. The normalized spacial score (nSPS) is 10.8. The molecule has 0 bridgehead atoms. The molecule has 1 N–H and O–H groups in total. The molecule has 0 saturated carbocycles. The van der Waals surface area contributed by atoms with E-state index in [1.54, 1.807) is 13.0 Å². The van der Waals surface area contributed by atoms with Crippen LogP contribution in [0.2, 0.25) is 0 Å². The summed E-state index contributed by atoms with van der Waals surface area (Å²) in [6.07, 6.45) is 0. The van der Waals surface area contributed by atoms with E-state index in [4.69, 9.17) is 0 Å². The van der Waals surface area contributed by atoms with E-state index in [1.165, 1.54) is 0 Å². The zero-order valence-corrected chi connectivity index (χ0v) is 14.0. The Bertz CT molecular complexity index is 966. The fourth-order valence-electron chi connectivity index (χ4n) is 2.55. The summed E-state index contributed by atoms with van der Waals surface area (Å²) < 4.78 is 28.4. The van der Waals surface area contributed by atoms with Gasteiger partial charge in [-0.25, -0.2) is 13.5 Å². The molecule has 2 aromatic carbocycles. The number of hydrogen-bond donors (Lipinski definition) is 1. The second kappa shape index (κ2) is 6.43. The molecule has 1 aromatic heterocycles. The van der Waals surface area contributed by atoms with Gasteiger partial charge in [0.2, 0.25) is 0 Å². The summed E-state index contributed by atoms with van der Waals surface area (Å²) in [5.41, 5.74) is 2.90. The number of nitrogens with zero attached hydrogens (tertiary/aromatic N) is 3. The first-order valence-corrected chi connectivity index (χ1v) is 7.63. The Balaban J connectivity index is 1.93. The molecule has 1 amide bonds. The number of carbonyl (C=O) groups excluding carboxylic acids is 1. The molecule has 0 atom stereocenters. The van der Waals surface area contributed by atoms with Crippen molar-refractivity contribution in [2.24, 2.45) is 0 Å². The minimum absolute atomic E-state index is 0.0450. The number of hydrogen-bond acceptors (Lipinski definition) is 3. The lowest BCUT2D eigenvalue weighted by molar-refractivity contribution is 0.102. The van der Waals surface area contributed by atoms with Gasteiger partial charge in [-0.05, 0) is 44.5 Å². The maximum absolute atomic E-state index is 13.9. The average Bonchev–Trinajstić information content (AvgIpc) is 2.94. The van der Waals surface area contributed by atoms with Gasteiger partial charge in [0.05, 0.1) is 5.69 Å². The maximum atomic E-state index is 13.9. The molecule has 3 rings (SSSR count). The molecule has 1 heterocycles. The fraction of sp³-hybridized carbons (Fsp3) is 0.167. The second-order valence-electron chi connectivity index (χ2n) is 5.80. The minimum Gasteiger partial charge on any atom is -0.320 e. The molecular weight excluding hydrogens is 326 g/mol. The summed E-state index contributed by atoms with van der Waals surface area (Å²) in [6, 6.07) is 8.65. The third-order valence-corrected chi connectivity index (χ3v) is 3.88. The lowest BCUT2D eigenvalue weighted by Gasteiger charge is -2.08. The molecule has 5 nitrogen and oxygen atoms in total. The zero-order chi connectivity index (χ0) is 18.1. The molecule has 0 aliphatic rings. The maximum Gasteiger partial charge on any atom is 0.278 e. The lowest BCUT2D eigenvalue weighted by Crippen LogP contribution is -2.15. The molecule has 0 saturated heterocycles. The predicted octanol–water partition coefficient (Wildman–Crippen LogP) is 3.72. The molecule has 128 valence electrons. The first kappa shape index (κ1) is 16.8. The van der Waals surface area contributed by atoms with Gasteiger partial charge in [0, 0.05) is 11.8 Å². The Morgan fingerprint density at radius 2 is 1.84 bits per heavy atom. The number of anilines is 1. The van der Waals surface area contributed by atoms with Crippen molar-refractivity contribution < 1.29 is 13.6 Å². The Morgan fingerprint density at radius 3 is 2.56 bits per heavy atom. The standard InChI is InChI=1S/C18H16F2N4O/c1-10-4-7-15(11(2)8-10)21-18(25)17-12(3)24(23-22-17)16-9-13(19)5-6-14(16)20/h4-9H,1-3H3,(H,21,25). The predicted molar refractivity (Wildman–Crippen MR) is 89.9 cm³/mol. The van der Waals surface area contributed by atoms with Crippen LogP contribution in [0.5, 0.6) is 0 Å². The van der Waals surface area contributed by atoms with E-state index in [0.717, 1.165) is 34.0 Å². The van der Waals surface area contributed by atoms with Gasteiger partial charge in [0.15, 0.2) is 5.69 Å². The van der Waals surface area contributed by atoms with Gasteiger partial charge in [-0.15, -0.1) is 5.10 Å². The number of amides is 1. The van der Waals surface area contributed by atoms with Crippen LogP contribution in [0.3, 0.4) is 0 Å². The van der Waals surface area contributed by atoms with E-state index in [9.17, 15) is 13.6 Å². The highest BCUT2D eigenvalue weighted by atomic mass is 19.1. The van der Waals surface area contributed by atoms with Gasteiger partial charge in [-0.1, -0.05) is 22.9 Å². The molecule has 0 spiro atoms. The van der Waals surface area contributed by atoms with Crippen LogP contribution in [-0.2, 0) is 0 Å². The van der Waals surface area contributed by atoms with Crippen molar-refractivity contribution in [1.29, 1.82) is 0 Å². The third-order valence-electron chi connectivity index (χ3n) is 3.88. The summed E-state index contributed by atoms with van der Waals surface area (Å²) in [7, 11) is 0. The minimum atomic E-state index is -0.657. The van der Waals surface area contributed by atoms with Crippen LogP contribution in [0, 0.1) is 32.4 Å².